The van der Waals surface area contributed by atoms with Gasteiger partial charge in [-0.3, -0.25) is 14.4 Å². The van der Waals surface area contributed by atoms with Gasteiger partial charge in [0.1, 0.15) is 34.8 Å². The summed E-state index contributed by atoms with van der Waals surface area (Å²) in [5.74, 6) is -0.837. The van der Waals surface area contributed by atoms with Crippen LogP contribution in [0.15, 0.2) is 42.7 Å². The predicted octanol–water partition coefficient (Wildman–Crippen LogP) is -0.560. The Bertz CT molecular complexity index is 2360. The van der Waals surface area contributed by atoms with E-state index in [2.05, 4.69) is 36.6 Å². The van der Waals surface area contributed by atoms with E-state index >= 15 is 0 Å². The molecule has 7 rings (SSSR count). The van der Waals surface area contributed by atoms with E-state index in [9.17, 15) is 34.8 Å². The second-order valence-electron chi connectivity index (χ2n) is 22.0. The molecule has 4 aliphatic rings. The Morgan fingerprint density at radius 3 is 1.39 bits per heavy atom. The maximum atomic E-state index is 12.0. The minimum Gasteiger partial charge on any atom is -0.390 e. The molecule has 9 N–H and O–H groups in total. The third-order valence-corrected chi connectivity index (χ3v) is 14.8. The molecule has 0 spiro atoms. The average Bonchev–Trinajstić information content (AvgIpc) is 2.38. The molecule has 0 unspecified atom stereocenters. The summed E-state index contributed by atoms with van der Waals surface area (Å²) in [4.78, 5) is 35.3. The highest BCUT2D eigenvalue weighted by Crippen LogP contribution is 2.42. The number of amides is 2. The Kier molecular flexibility index (Phi) is 33.0. The van der Waals surface area contributed by atoms with Gasteiger partial charge < -0.3 is 99.0 Å². The molecule has 0 saturated carbocycles. The molecule has 4 aliphatic heterocycles. The van der Waals surface area contributed by atoms with E-state index in [4.69, 9.17) is 62.6 Å². The van der Waals surface area contributed by atoms with Crippen LogP contribution in [0.5, 0.6) is 0 Å². The van der Waals surface area contributed by atoms with E-state index in [-0.39, 0.29) is 68.8 Å². The number of benzene rings is 1. The number of ether oxygens (including phenoxy) is 12. The van der Waals surface area contributed by atoms with Crippen molar-refractivity contribution < 1.29 is 91.7 Å². The molecule has 2 aromatic heterocycles. The first-order valence-corrected chi connectivity index (χ1v) is 30.6. The second kappa shape index (κ2) is 40.2. The van der Waals surface area contributed by atoms with E-state index in [0.717, 1.165) is 38.5 Å². The number of fused-ring (bicyclic) bond motifs is 4. The smallest absolute Gasteiger partial charge is 0.234 e. The standard InChI is InChI=1S/C32H49N5O10.C26H47N5O9/c1-24-29(40)30(41)32(23-46-31(24)47-32)22-37-20-26(35-36-37)21-45-16-7-14-43-12-5-11-42-13-6-15-44-17-10-34-28(39)19-33-18-27(38)25-8-3-2-4-9-25;1-20-23(33)24(34)26(19-39-25(20)40-26)18-31-16-21(29-30-31)17-38-14-5-12-36-10-3-9-35-11-4-13-37-15-8-28-22(32)6-2-7-27/h2-4,8-9,20,24,29-31,33,40-41H,5-7,10-19,21-23H2,1H3,(H,34,39);16,20,23-25,33-34H,2-15,17-19,27H2,1H3,(H,28,32)/t24-,29-,30-,31+,32+;20-,23-,24-,25+,26+/m11/s1. The van der Waals surface area contributed by atoms with Crippen LogP contribution in [0.4, 0.5) is 0 Å². The van der Waals surface area contributed by atoms with Gasteiger partial charge in [-0.05, 0) is 51.5 Å². The molecule has 3 aromatic rings. The fourth-order valence-corrected chi connectivity index (χ4v) is 9.76. The van der Waals surface area contributed by atoms with Crippen LogP contribution in [0, 0.1) is 11.8 Å². The van der Waals surface area contributed by atoms with Crippen molar-refractivity contribution in [2.45, 2.75) is 140 Å². The number of nitrogens with zero attached hydrogens (tertiary/aromatic N) is 6. The van der Waals surface area contributed by atoms with Crippen molar-refractivity contribution in [3.05, 3.63) is 59.7 Å². The number of aliphatic hydroxyl groups is 4. The van der Waals surface area contributed by atoms with Crippen molar-refractivity contribution >= 4 is 17.6 Å². The highest BCUT2D eigenvalue weighted by Gasteiger charge is 2.59. The van der Waals surface area contributed by atoms with Gasteiger partial charge in [0.05, 0.1) is 90.4 Å². The van der Waals surface area contributed by atoms with E-state index in [1.54, 1.807) is 59.9 Å². The van der Waals surface area contributed by atoms with Crippen molar-refractivity contribution in [3.63, 3.8) is 0 Å². The molecule has 87 heavy (non-hydrogen) atoms. The molecule has 6 heterocycles. The zero-order valence-corrected chi connectivity index (χ0v) is 50.7. The van der Waals surface area contributed by atoms with E-state index in [0.29, 0.717) is 155 Å². The highest BCUT2D eigenvalue weighted by atomic mass is 16.7. The maximum absolute atomic E-state index is 12.0. The second-order valence-corrected chi connectivity index (χ2v) is 22.0. The number of rotatable bonds is 46. The normalized spacial score (nSPS) is 24.7. The van der Waals surface area contributed by atoms with Gasteiger partial charge in [-0.15, -0.1) is 10.2 Å². The van der Waals surface area contributed by atoms with Gasteiger partial charge >= 0.3 is 0 Å². The van der Waals surface area contributed by atoms with Crippen molar-refractivity contribution in [1.29, 1.82) is 0 Å². The van der Waals surface area contributed by atoms with Gasteiger partial charge in [-0.1, -0.05) is 54.6 Å². The van der Waals surface area contributed by atoms with Crippen LogP contribution >= 0.6 is 0 Å². The first kappa shape index (κ1) is 71.5. The topological polar surface area (TPSA) is 366 Å². The number of nitrogens with two attached hydrogens (primary N) is 1. The third-order valence-electron chi connectivity index (χ3n) is 14.8. The lowest BCUT2D eigenvalue weighted by atomic mass is 9.85. The van der Waals surface area contributed by atoms with Gasteiger partial charge in [0, 0.05) is 116 Å². The first-order valence-electron chi connectivity index (χ1n) is 30.6. The molecular weight excluding hydrogens is 1140 g/mol. The SMILES string of the molecule is C[C@H]1[C@H]2OC[C@](Cn3cc(COCCCOCCCOCCCOCCNC(=O)CCCN)nn3)(O2)[C@H](O)[C@@H]1O.C[C@H]1[C@H]2OC[C@](Cn3cc(COCCCOCCCOCCCOCCNC(=O)CNCC(=O)c4ccccc4)nn3)(O2)[C@H](O)[C@@H]1O. The van der Waals surface area contributed by atoms with Crippen molar-refractivity contribution in [1.82, 2.24) is 45.9 Å². The van der Waals surface area contributed by atoms with Crippen LogP contribution in [0.25, 0.3) is 0 Å². The summed E-state index contributed by atoms with van der Waals surface area (Å²) in [7, 11) is 0. The fourth-order valence-electron chi connectivity index (χ4n) is 9.76. The summed E-state index contributed by atoms with van der Waals surface area (Å²) >= 11 is 0. The van der Waals surface area contributed by atoms with Gasteiger partial charge in [0.2, 0.25) is 11.8 Å². The summed E-state index contributed by atoms with van der Waals surface area (Å²) in [6.45, 7) is 14.6. The number of carbonyl (C=O) groups is 3. The summed E-state index contributed by atoms with van der Waals surface area (Å²) < 4.78 is 71.0. The van der Waals surface area contributed by atoms with Gasteiger partial charge in [0.25, 0.3) is 0 Å². The molecule has 2 amide bonds. The summed E-state index contributed by atoms with van der Waals surface area (Å²) in [6, 6.07) is 8.96. The van der Waals surface area contributed by atoms with Crippen LogP contribution in [0.3, 0.4) is 0 Å². The monoisotopic (exact) mass is 1240 g/mol. The number of ketones is 1. The lowest BCUT2D eigenvalue weighted by molar-refractivity contribution is -0.240. The molecular formula is C58H96N10O19. The first-order chi connectivity index (χ1) is 42.3. The van der Waals surface area contributed by atoms with Crippen LogP contribution in [0.1, 0.15) is 87.0 Å². The van der Waals surface area contributed by atoms with Gasteiger partial charge in [-0.2, -0.15) is 0 Å². The minimum absolute atomic E-state index is 0.0113. The summed E-state index contributed by atoms with van der Waals surface area (Å²) in [5.41, 5.74) is 5.23. The Labute approximate surface area is 509 Å². The lowest BCUT2D eigenvalue weighted by Crippen LogP contribution is -2.59. The molecule has 0 radical (unpaired) electrons. The molecule has 29 heteroatoms. The van der Waals surface area contributed by atoms with Crippen molar-refractivity contribution in [2.75, 3.05) is 138 Å². The average molecular weight is 1240 g/mol. The van der Waals surface area contributed by atoms with Crippen LogP contribution < -0.4 is 21.7 Å². The van der Waals surface area contributed by atoms with Crippen molar-refractivity contribution in [2.24, 2.45) is 17.6 Å². The quantitative estimate of drug-likeness (QED) is 0.0260. The number of carbonyl (C=O) groups excluding carboxylic acids is 3. The fraction of sp³-hybridized carbons (Fsp3) is 0.776. The Morgan fingerprint density at radius 2 is 0.966 bits per heavy atom. The number of aliphatic hydroxyl groups excluding tert-OH is 4. The number of nitrogens with one attached hydrogen (secondary N) is 3. The van der Waals surface area contributed by atoms with Gasteiger partial charge in [-0.25, -0.2) is 9.36 Å². The molecule has 1 aromatic carbocycles. The predicted molar refractivity (Wildman–Crippen MR) is 309 cm³/mol. The summed E-state index contributed by atoms with van der Waals surface area (Å²) in [6.07, 6.45) is 4.27. The minimum atomic E-state index is -1.08. The van der Waals surface area contributed by atoms with E-state index in [1.807, 2.05) is 6.07 Å². The van der Waals surface area contributed by atoms with Crippen LogP contribution in [0.2, 0.25) is 0 Å². The molecule has 4 saturated heterocycles. The Balaban J connectivity index is 0.000000282. The zero-order chi connectivity index (χ0) is 62.0. The number of hydrogen-bond acceptors (Lipinski definition) is 25. The molecule has 492 valence electrons. The largest absolute Gasteiger partial charge is 0.390 e. The van der Waals surface area contributed by atoms with Gasteiger partial charge in [0.15, 0.2) is 18.4 Å². The number of aromatic nitrogens is 6. The Hall–Kier alpha value is -4.61. The number of Topliss-reactive ketones (excluding diaryl/α,β-unsaturated/α-hetero) is 1. The lowest BCUT2D eigenvalue weighted by Gasteiger charge is -2.41. The molecule has 4 bridgehead atoms. The van der Waals surface area contributed by atoms with Crippen molar-refractivity contribution in [3.8, 4) is 0 Å². The maximum Gasteiger partial charge on any atom is 0.234 e. The molecule has 4 fully saturated rings. The summed E-state index contributed by atoms with van der Waals surface area (Å²) in [5, 5.41) is 66.6. The van der Waals surface area contributed by atoms with Crippen LogP contribution in [-0.2, 0) is 92.7 Å². The zero-order valence-electron chi connectivity index (χ0n) is 50.7. The molecule has 10 atom stereocenters. The molecule has 29 nitrogen and oxygen atoms in total. The number of hydrogen-bond donors (Lipinski definition) is 8. The van der Waals surface area contributed by atoms with E-state index < -0.39 is 48.2 Å². The van der Waals surface area contributed by atoms with E-state index in [1.165, 1.54) is 0 Å². The van der Waals surface area contributed by atoms with Crippen LogP contribution in [-0.4, -0.2) is 255 Å². The highest BCUT2D eigenvalue weighted by molar-refractivity contribution is 5.97. The molecule has 0 aliphatic carbocycles. The Morgan fingerprint density at radius 1 is 0.563 bits per heavy atom. The third kappa shape index (κ3) is 24.9.